The van der Waals surface area contributed by atoms with E-state index in [0.717, 1.165) is 17.0 Å². The number of aliphatic imine (C=N–C) groups is 1. The van der Waals surface area contributed by atoms with Gasteiger partial charge in [-0.25, -0.2) is 0 Å². The molecule has 2 N–H and O–H groups in total. The molecule has 1 saturated heterocycles. The van der Waals surface area contributed by atoms with Gasteiger partial charge in [-0.1, -0.05) is 49.7 Å². The third kappa shape index (κ3) is 4.62. The van der Waals surface area contributed by atoms with Crippen LogP contribution < -0.4 is 10.6 Å². The standard InChI is InChI=1S/C23H29ClN4O2.HI/c1-23(2,16-5-4-6-17(24)12-16)13-27-22(25-3)26-9-10-28-20(29)18-14-7-8-15(11-14)19(18)21(28)30;/h4-8,12,14-15,18-19H,9-11,13H2,1-3H3,(H2,25,26,27);1H. The molecular weight excluding hydrogens is 527 g/mol. The fourth-order valence-electron chi connectivity index (χ4n) is 5.01. The van der Waals surface area contributed by atoms with E-state index < -0.39 is 0 Å². The molecule has 6 nitrogen and oxygen atoms in total. The highest BCUT2D eigenvalue weighted by molar-refractivity contribution is 14.0. The van der Waals surface area contributed by atoms with Crippen molar-refractivity contribution in [3.63, 3.8) is 0 Å². The molecule has 4 unspecified atom stereocenters. The molecule has 3 aliphatic rings. The number of imide groups is 1. The summed E-state index contributed by atoms with van der Waals surface area (Å²) in [6.07, 6.45) is 5.19. The SMILES string of the molecule is CN=C(NCCN1C(=O)C2C3C=CC(C3)C2C1=O)NCC(C)(C)c1cccc(Cl)c1.I. The van der Waals surface area contributed by atoms with Gasteiger partial charge >= 0.3 is 0 Å². The summed E-state index contributed by atoms with van der Waals surface area (Å²) in [7, 11) is 1.71. The van der Waals surface area contributed by atoms with Crippen LogP contribution in [0.25, 0.3) is 0 Å². The molecule has 4 rings (SSSR count). The molecule has 1 saturated carbocycles. The highest BCUT2D eigenvalue weighted by atomic mass is 127. The molecule has 168 valence electrons. The van der Waals surface area contributed by atoms with Crippen molar-refractivity contribution < 1.29 is 9.59 Å². The van der Waals surface area contributed by atoms with Crippen LogP contribution in [-0.4, -0.2) is 49.4 Å². The molecule has 1 aromatic rings. The highest BCUT2D eigenvalue weighted by Gasteiger charge is 2.58. The van der Waals surface area contributed by atoms with Gasteiger partial charge in [-0.05, 0) is 36.0 Å². The molecule has 1 heterocycles. The minimum atomic E-state index is -0.146. The fourth-order valence-corrected chi connectivity index (χ4v) is 5.20. The average molecular weight is 557 g/mol. The van der Waals surface area contributed by atoms with E-state index in [-0.39, 0.29) is 64.9 Å². The van der Waals surface area contributed by atoms with Crippen LogP contribution in [-0.2, 0) is 15.0 Å². The average Bonchev–Trinajstić information content (AvgIpc) is 3.40. The maximum atomic E-state index is 12.8. The number of nitrogens with one attached hydrogen (secondary N) is 2. The lowest BCUT2D eigenvalue weighted by Crippen LogP contribution is -2.46. The number of carbonyl (C=O) groups excluding carboxylic acids is 2. The summed E-state index contributed by atoms with van der Waals surface area (Å²) in [4.78, 5) is 31.2. The number of carbonyl (C=O) groups is 2. The summed E-state index contributed by atoms with van der Waals surface area (Å²) in [5.74, 6) is 0.857. The Balaban J connectivity index is 0.00000272. The predicted molar refractivity (Wildman–Crippen MR) is 134 cm³/mol. The molecule has 2 bridgehead atoms. The molecule has 31 heavy (non-hydrogen) atoms. The molecule has 4 atom stereocenters. The molecule has 2 fully saturated rings. The van der Waals surface area contributed by atoms with Crippen LogP contribution >= 0.6 is 35.6 Å². The van der Waals surface area contributed by atoms with Gasteiger partial charge in [-0.2, -0.15) is 0 Å². The summed E-state index contributed by atoms with van der Waals surface area (Å²) in [6.45, 7) is 5.77. The number of halogens is 2. The second kappa shape index (κ2) is 9.48. The van der Waals surface area contributed by atoms with Crippen molar-refractivity contribution in [2.24, 2.45) is 28.7 Å². The molecule has 0 spiro atoms. The Bertz CT molecular complexity index is 887. The van der Waals surface area contributed by atoms with Crippen molar-refractivity contribution in [3.05, 3.63) is 47.0 Å². The van der Waals surface area contributed by atoms with E-state index in [4.69, 9.17) is 11.6 Å². The Morgan fingerprint density at radius 1 is 1.16 bits per heavy atom. The lowest BCUT2D eigenvalue weighted by molar-refractivity contribution is -0.140. The second-order valence-electron chi connectivity index (χ2n) is 9.07. The maximum Gasteiger partial charge on any atom is 0.233 e. The summed E-state index contributed by atoms with van der Waals surface area (Å²) in [5, 5.41) is 7.28. The largest absolute Gasteiger partial charge is 0.356 e. The Labute approximate surface area is 205 Å². The summed E-state index contributed by atoms with van der Waals surface area (Å²) in [5.41, 5.74) is 0.994. The molecule has 1 aromatic carbocycles. The molecular formula is C23H30ClIN4O2. The van der Waals surface area contributed by atoms with E-state index in [0.29, 0.717) is 25.6 Å². The third-order valence-corrected chi connectivity index (χ3v) is 6.95. The van der Waals surface area contributed by atoms with Crippen molar-refractivity contribution in [1.82, 2.24) is 15.5 Å². The number of amides is 2. The maximum absolute atomic E-state index is 12.8. The number of nitrogens with zero attached hydrogens (tertiary/aromatic N) is 2. The van der Waals surface area contributed by atoms with Gasteiger partial charge in [0.1, 0.15) is 0 Å². The fraction of sp³-hybridized carbons (Fsp3) is 0.522. The smallest absolute Gasteiger partial charge is 0.233 e. The summed E-state index contributed by atoms with van der Waals surface area (Å²) in [6, 6.07) is 7.86. The van der Waals surface area contributed by atoms with Crippen LogP contribution in [0, 0.1) is 23.7 Å². The van der Waals surface area contributed by atoms with Gasteiger partial charge in [0, 0.05) is 37.1 Å². The first-order chi connectivity index (χ1) is 14.3. The van der Waals surface area contributed by atoms with Gasteiger partial charge in [0.15, 0.2) is 5.96 Å². The molecule has 1 aliphatic heterocycles. The minimum absolute atomic E-state index is 0. The van der Waals surface area contributed by atoms with Crippen LogP contribution in [0.4, 0.5) is 0 Å². The Hall–Kier alpha value is -1.61. The molecule has 0 radical (unpaired) electrons. The van der Waals surface area contributed by atoms with Crippen molar-refractivity contribution in [2.45, 2.75) is 25.7 Å². The van der Waals surface area contributed by atoms with E-state index in [9.17, 15) is 9.59 Å². The monoisotopic (exact) mass is 556 g/mol. The number of allylic oxidation sites excluding steroid dienone is 2. The number of fused-ring (bicyclic) bond motifs is 5. The number of likely N-dealkylation sites (tertiary alicyclic amines) is 1. The van der Waals surface area contributed by atoms with Gasteiger partial charge < -0.3 is 10.6 Å². The zero-order chi connectivity index (χ0) is 21.5. The number of benzene rings is 1. The topological polar surface area (TPSA) is 73.8 Å². The van der Waals surface area contributed by atoms with Gasteiger partial charge in [-0.15, -0.1) is 24.0 Å². The first-order valence-electron chi connectivity index (χ1n) is 10.6. The highest BCUT2D eigenvalue weighted by Crippen LogP contribution is 2.52. The van der Waals surface area contributed by atoms with Crippen molar-refractivity contribution in [3.8, 4) is 0 Å². The number of hydrogen-bond acceptors (Lipinski definition) is 3. The summed E-state index contributed by atoms with van der Waals surface area (Å²) >= 11 is 6.13. The normalized spacial score (nSPS) is 26.8. The van der Waals surface area contributed by atoms with E-state index in [1.165, 1.54) is 4.90 Å². The zero-order valence-corrected chi connectivity index (χ0v) is 21.2. The van der Waals surface area contributed by atoms with Gasteiger partial charge in [-0.3, -0.25) is 19.5 Å². The summed E-state index contributed by atoms with van der Waals surface area (Å²) < 4.78 is 0. The van der Waals surface area contributed by atoms with E-state index in [1.807, 2.05) is 18.2 Å². The third-order valence-electron chi connectivity index (χ3n) is 6.72. The Kier molecular flexibility index (Phi) is 7.35. The van der Waals surface area contributed by atoms with Crippen LogP contribution in [0.2, 0.25) is 5.02 Å². The molecule has 0 aromatic heterocycles. The zero-order valence-electron chi connectivity index (χ0n) is 18.1. The van der Waals surface area contributed by atoms with Crippen molar-refractivity contribution >= 4 is 53.4 Å². The van der Waals surface area contributed by atoms with Crippen molar-refractivity contribution in [2.75, 3.05) is 26.7 Å². The van der Waals surface area contributed by atoms with Crippen LogP contribution in [0.1, 0.15) is 25.8 Å². The molecule has 2 aliphatic carbocycles. The van der Waals surface area contributed by atoms with E-state index >= 15 is 0 Å². The quantitative estimate of drug-likeness (QED) is 0.186. The Morgan fingerprint density at radius 2 is 1.81 bits per heavy atom. The van der Waals surface area contributed by atoms with Crippen LogP contribution in [0.3, 0.4) is 0 Å². The second-order valence-corrected chi connectivity index (χ2v) is 9.51. The van der Waals surface area contributed by atoms with Crippen LogP contribution in [0.5, 0.6) is 0 Å². The van der Waals surface area contributed by atoms with Gasteiger partial charge in [0.2, 0.25) is 11.8 Å². The van der Waals surface area contributed by atoms with Gasteiger partial charge in [0.05, 0.1) is 11.8 Å². The molecule has 2 amide bonds. The number of guanidine groups is 1. The predicted octanol–water partition coefficient (Wildman–Crippen LogP) is 3.21. The first-order valence-corrected chi connectivity index (χ1v) is 10.9. The van der Waals surface area contributed by atoms with Gasteiger partial charge in [0.25, 0.3) is 0 Å². The molecule has 8 heteroatoms. The number of rotatable bonds is 6. The minimum Gasteiger partial charge on any atom is -0.356 e. The first kappa shape index (κ1) is 24.0. The van der Waals surface area contributed by atoms with Crippen LogP contribution in [0.15, 0.2) is 41.4 Å². The Morgan fingerprint density at radius 3 is 2.39 bits per heavy atom. The van der Waals surface area contributed by atoms with E-state index in [1.54, 1.807) is 7.05 Å². The lowest BCUT2D eigenvalue weighted by atomic mass is 9.84. The lowest BCUT2D eigenvalue weighted by Gasteiger charge is -2.27. The number of hydrogen-bond donors (Lipinski definition) is 2. The van der Waals surface area contributed by atoms with E-state index in [2.05, 4.69) is 47.7 Å². The van der Waals surface area contributed by atoms with Crippen molar-refractivity contribution in [1.29, 1.82) is 0 Å².